The highest BCUT2D eigenvalue weighted by atomic mass is 79.9. The number of hydrogen-bond acceptors (Lipinski definition) is 5. The van der Waals surface area contributed by atoms with Crippen LogP contribution in [0.2, 0.25) is 0 Å². The number of rotatable bonds is 2. The van der Waals surface area contributed by atoms with Crippen molar-refractivity contribution in [1.29, 1.82) is 0 Å². The number of nitrogens with zero attached hydrogens (tertiary/aromatic N) is 5. The zero-order valence-electron chi connectivity index (χ0n) is 10.6. The van der Waals surface area contributed by atoms with Crippen molar-refractivity contribution < 1.29 is 8.42 Å². The fraction of sp³-hybridized carbons (Fsp3) is 0.182. The van der Waals surface area contributed by atoms with Crippen LogP contribution in [0, 0.1) is 0 Å². The Kier molecular flexibility index (Phi) is 2.91. The molecule has 3 heterocycles. The molecule has 3 rings (SSSR count). The number of hydrogen-bond donors (Lipinski definition) is 0. The number of aromatic nitrogens is 5. The van der Waals surface area contributed by atoms with Gasteiger partial charge in [-0.3, -0.25) is 9.08 Å². The highest BCUT2D eigenvalue weighted by Gasteiger charge is 2.19. The Balaban J connectivity index is 2.36. The first kappa shape index (κ1) is 13.3. The van der Waals surface area contributed by atoms with Crippen LogP contribution < -0.4 is 0 Å². The molecule has 0 fully saturated rings. The zero-order valence-corrected chi connectivity index (χ0v) is 13.1. The van der Waals surface area contributed by atoms with Gasteiger partial charge in [0.15, 0.2) is 20.5 Å². The van der Waals surface area contributed by atoms with Crippen LogP contribution in [0.1, 0.15) is 0 Å². The van der Waals surface area contributed by atoms with Crippen LogP contribution in [0.5, 0.6) is 0 Å². The number of aryl methyl sites for hydroxylation is 1. The molecule has 0 amide bonds. The lowest BCUT2D eigenvalue weighted by molar-refractivity contribution is 0.598. The molecule has 3 aromatic heterocycles. The van der Waals surface area contributed by atoms with Gasteiger partial charge in [0, 0.05) is 31.3 Å². The molecule has 0 unspecified atom stereocenters. The molecular formula is C11H10BrN5O2S. The van der Waals surface area contributed by atoms with E-state index in [1.807, 2.05) is 13.2 Å². The van der Waals surface area contributed by atoms with Crippen LogP contribution in [-0.4, -0.2) is 38.8 Å². The van der Waals surface area contributed by atoms with E-state index in [1.54, 1.807) is 27.7 Å². The van der Waals surface area contributed by atoms with E-state index >= 15 is 0 Å². The van der Waals surface area contributed by atoms with Crippen molar-refractivity contribution in [3.05, 3.63) is 29.4 Å². The van der Waals surface area contributed by atoms with Crippen molar-refractivity contribution >= 4 is 31.4 Å². The Hall–Kier alpha value is -1.74. The second-order valence-electron chi connectivity index (χ2n) is 4.38. The van der Waals surface area contributed by atoms with Gasteiger partial charge in [-0.2, -0.15) is 5.10 Å². The maximum atomic E-state index is 11.8. The summed E-state index contributed by atoms with van der Waals surface area (Å²) in [6, 6.07) is 0. The molecule has 0 aliphatic rings. The van der Waals surface area contributed by atoms with E-state index in [4.69, 9.17) is 0 Å². The first-order chi connectivity index (χ1) is 9.36. The molecule has 0 bridgehead atoms. The summed E-state index contributed by atoms with van der Waals surface area (Å²) in [5.41, 5.74) is 1.90. The Bertz CT molecular complexity index is 912. The van der Waals surface area contributed by atoms with Crippen molar-refractivity contribution in [2.45, 2.75) is 5.03 Å². The highest BCUT2D eigenvalue weighted by Crippen LogP contribution is 2.24. The number of fused-ring (bicyclic) bond motifs is 1. The van der Waals surface area contributed by atoms with Gasteiger partial charge in [-0.25, -0.2) is 18.4 Å². The average Bonchev–Trinajstić information content (AvgIpc) is 2.92. The van der Waals surface area contributed by atoms with Gasteiger partial charge in [0.25, 0.3) is 0 Å². The molecule has 0 aliphatic heterocycles. The van der Waals surface area contributed by atoms with Crippen LogP contribution in [-0.2, 0) is 16.9 Å². The van der Waals surface area contributed by atoms with Gasteiger partial charge in [0.1, 0.15) is 4.60 Å². The molecule has 0 aliphatic carbocycles. The van der Waals surface area contributed by atoms with Crippen LogP contribution in [0.25, 0.3) is 16.9 Å². The standard InChI is InChI=1S/C11H10BrN5O2S/c1-16-5-7(3-14-16)8-4-13-10-11(20(2,18)19)15-9(12)6-17(8)10/h3-6H,1-2H3. The van der Waals surface area contributed by atoms with E-state index in [1.165, 1.54) is 0 Å². The minimum Gasteiger partial charge on any atom is -0.294 e. The molecule has 20 heavy (non-hydrogen) atoms. The lowest BCUT2D eigenvalue weighted by Gasteiger charge is -2.04. The molecule has 7 nitrogen and oxygen atoms in total. The second-order valence-corrected chi connectivity index (χ2v) is 7.12. The fourth-order valence-electron chi connectivity index (χ4n) is 1.95. The van der Waals surface area contributed by atoms with Gasteiger partial charge in [-0.05, 0) is 15.9 Å². The Labute approximate surface area is 123 Å². The van der Waals surface area contributed by atoms with Crippen molar-refractivity contribution in [3.63, 3.8) is 0 Å². The summed E-state index contributed by atoms with van der Waals surface area (Å²) in [7, 11) is -1.65. The van der Waals surface area contributed by atoms with E-state index in [2.05, 4.69) is 31.0 Å². The van der Waals surface area contributed by atoms with Crippen molar-refractivity contribution in [2.24, 2.45) is 7.05 Å². The first-order valence-electron chi connectivity index (χ1n) is 5.59. The third-order valence-corrected chi connectivity index (χ3v) is 4.14. The normalized spacial score (nSPS) is 12.2. The lowest BCUT2D eigenvalue weighted by atomic mass is 10.3. The minimum absolute atomic E-state index is 0.0537. The van der Waals surface area contributed by atoms with E-state index in [0.717, 1.165) is 17.5 Å². The molecule has 0 N–H and O–H groups in total. The van der Waals surface area contributed by atoms with Crippen molar-refractivity contribution in [1.82, 2.24) is 24.1 Å². The molecule has 0 saturated carbocycles. The SMILES string of the molecule is Cn1cc(-c2cnc3c(S(C)(=O)=O)nc(Br)cn23)cn1. The predicted octanol–water partition coefficient (Wildman–Crippen LogP) is 1.30. The fourth-order valence-corrected chi connectivity index (χ4v) is 3.19. The Morgan fingerprint density at radius 2 is 2.00 bits per heavy atom. The van der Waals surface area contributed by atoms with Gasteiger partial charge in [-0.15, -0.1) is 0 Å². The summed E-state index contributed by atoms with van der Waals surface area (Å²) in [5.74, 6) is 0. The van der Waals surface area contributed by atoms with Crippen molar-refractivity contribution in [3.8, 4) is 11.3 Å². The van der Waals surface area contributed by atoms with Gasteiger partial charge in [0.2, 0.25) is 0 Å². The van der Waals surface area contributed by atoms with E-state index < -0.39 is 9.84 Å². The molecular weight excluding hydrogens is 346 g/mol. The second kappa shape index (κ2) is 4.38. The van der Waals surface area contributed by atoms with Crippen LogP contribution in [0.15, 0.2) is 34.4 Å². The third-order valence-electron chi connectivity index (χ3n) is 2.78. The van der Waals surface area contributed by atoms with Gasteiger partial charge < -0.3 is 0 Å². The number of imidazole rings is 1. The summed E-state index contributed by atoms with van der Waals surface area (Å²) < 4.78 is 27.4. The first-order valence-corrected chi connectivity index (χ1v) is 8.27. The molecule has 0 atom stereocenters. The topological polar surface area (TPSA) is 82.1 Å². The molecule has 0 aromatic carbocycles. The average molecular weight is 356 g/mol. The van der Waals surface area contributed by atoms with E-state index in [-0.39, 0.29) is 5.03 Å². The third kappa shape index (κ3) is 2.12. The molecule has 104 valence electrons. The minimum atomic E-state index is -3.46. The van der Waals surface area contributed by atoms with Crippen LogP contribution in [0.3, 0.4) is 0 Å². The Morgan fingerprint density at radius 1 is 1.25 bits per heavy atom. The monoisotopic (exact) mass is 355 g/mol. The smallest absolute Gasteiger partial charge is 0.199 e. The summed E-state index contributed by atoms with van der Waals surface area (Å²) >= 11 is 3.23. The van der Waals surface area contributed by atoms with Gasteiger partial charge in [0.05, 0.1) is 18.1 Å². The van der Waals surface area contributed by atoms with Gasteiger partial charge in [-0.1, -0.05) is 0 Å². The Morgan fingerprint density at radius 3 is 2.60 bits per heavy atom. The van der Waals surface area contributed by atoms with E-state index in [9.17, 15) is 8.42 Å². The molecule has 0 saturated heterocycles. The van der Waals surface area contributed by atoms with Crippen molar-refractivity contribution in [2.75, 3.05) is 6.26 Å². The number of halogens is 1. The van der Waals surface area contributed by atoms with Crippen LogP contribution in [0.4, 0.5) is 0 Å². The quantitative estimate of drug-likeness (QED) is 0.691. The van der Waals surface area contributed by atoms with E-state index in [0.29, 0.717) is 10.3 Å². The largest absolute Gasteiger partial charge is 0.294 e. The molecule has 3 aromatic rings. The maximum absolute atomic E-state index is 11.8. The molecule has 9 heteroatoms. The summed E-state index contributed by atoms with van der Waals surface area (Å²) in [5, 5.41) is 4.05. The number of sulfone groups is 1. The lowest BCUT2D eigenvalue weighted by Crippen LogP contribution is -2.05. The summed E-state index contributed by atoms with van der Waals surface area (Å²) in [4.78, 5) is 8.18. The van der Waals surface area contributed by atoms with Gasteiger partial charge >= 0.3 is 0 Å². The van der Waals surface area contributed by atoms with Crippen LogP contribution >= 0.6 is 15.9 Å². The summed E-state index contributed by atoms with van der Waals surface area (Å²) in [6.45, 7) is 0. The summed E-state index contributed by atoms with van der Waals surface area (Å²) in [6.07, 6.45) is 7.92. The predicted molar refractivity (Wildman–Crippen MR) is 76.0 cm³/mol. The zero-order chi connectivity index (χ0) is 14.5. The maximum Gasteiger partial charge on any atom is 0.199 e. The molecule has 0 radical (unpaired) electrons. The highest BCUT2D eigenvalue weighted by molar-refractivity contribution is 9.10. The molecule has 0 spiro atoms.